The minimum atomic E-state index is -4.38. The fourth-order valence-electron chi connectivity index (χ4n) is 1.66. The van der Waals surface area contributed by atoms with Crippen molar-refractivity contribution in [2.24, 2.45) is 0 Å². The van der Waals surface area contributed by atoms with Gasteiger partial charge in [-0.05, 0) is 6.07 Å². The Kier molecular flexibility index (Phi) is 2.95. The third-order valence-corrected chi connectivity index (χ3v) is 2.42. The number of hydrogen-bond acceptors (Lipinski definition) is 4. The van der Waals surface area contributed by atoms with Crippen LogP contribution in [0.3, 0.4) is 0 Å². The Hall–Kier alpha value is -1.37. The number of nitrogens with one attached hydrogen (secondary N) is 1. The van der Waals surface area contributed by atoms with Crippen molar-refractivity contribution < 1.29 is 13.2 Å². The van der Waals surface area contributed by atoms with Crippen LogP contribution in [0.1, 0.15) is 5.56 Å². The zero-order chi connectivity index (χ0) is 11.6. The monoisotopic (exact) mass is 232 g/mol. The van der Waals surface area contributed by atoms with Crippen LogP contribution < -0.4 is 10.2 Å². The molecule has 0 aliphatic carbocycles. The van der Waals surface area contributed by atoms with Crippen LogP contribution in [0.15, 0.2) is 12.3 Å². The fraction of sp³-hybridized carbons (Fsp3) is 0.556. The Bertz CT molecular complexity index is 360. The molecule has 1 saturated heterocycles. The Morgan fingerprint density at radius 1 is 1.25 bits per heavy atom. The van der Waals surface area contributed by atoms with Crippen LogP contribution in [0.25, 0.3) is 0 Å². The molecule has 88 valence electrons. The second kappa shape index (κ2) is 4.25. The maximum Gasteiger partial charge on any atom is 0.420 e. The topological polar surface area (TPSA) is 41.1 Å². The molecule has 1 N–H and O–H groups in total. The van der Waals surface area contributed by atoms with E-state index >= 15 is 0 Å². The molecule has 2 rings (SSSR count). The summed E-state index contributed by atoms with van der Waals surface area (Å²) in [7, 11) is 0. The standard InChI is InChI=1S/C9H11F3N4/c10-9(11,12)7-1-2-14-15-8(7)16-5-3-13-4-6-16/h1-2,13H,3-6H2. The summed E-state index contributed by atoms with van der Waals surface area (Å²) in [6.45, 7) is 2.35. The van der Waals surface area contributed by atoms with E-state index in [0.717, 1.165) is 12.3 Å². The van der Waals surface area contributed by atoms with Gasteiger partial charge in [-0.2, -0.15) is 18.3 Å². The molecule has 0 unspecified atom stereocenters. The second-order valence-electron chi connectivity index (χ2n) is 3.50. The lowest BCUT2D eigenvalue weighted by molar-refractivity contribution is -0.137. The van der Waals surface area contributed by atoms with Crippen LogP contribution >= 0.6 is 0 Å². The van der Waals surface area contributed by atoms with E-state index in [1.165, 1.54) is 0 Å². The summed E-state index contributed by atoms with van der Waals surface area (Å²) >= 11 is 0. The first-order valence-corrected chi connectivity index (χ1v) is 4.93. The van der Waals surface area contributed by atoms with E-state index in [1.807, 2.05) is 0 Å². The predicted molar refractivity (Wildman–Crippen MR) is 52.1 cm³/mol. The first-order chi connectivity index (χ1) is 7.59. The maximum absolute atomic E-state index is 12.7. The first-order valence-electron chi connectivity index (χ1n) is 4.93. The smallest absolute Gasteiger partial charge is 0.352 e. The number of nitrogens with zero attached hydrogens (tertiary/aromatic N) is 3. The van der Waals surface area contributed by atoms with Gasteiger partial charge in [-0.15, -0.1) is 5.10 Å². The molecule has 0 spiro atoms. The summed E-state index contributed by atoms with van der Waals surface area (Å²) in [4.78, 5) is 1.60. The molecule has 0 aromatic carbocycles. The third kappa shape index (κ3) is 2.24. The average molecular weight is 232 g/mol. The van der Waals surface area contributed by atoms with Crippen LogP contribution in [-0.4, -0.2) is 36.4 Å². The highest BCUT2D eigenvalue weighted by atomic mass is 19.4. The summed E-state index contributed by atoms with van der Waals surface area (Å²) in [5.41, 5.74) is -0.718. The number of aromatic nitrogens is 2. The molecule has 1 aliphatic rings. The molecule has 1 aromatic heterocycles. The van der Waals surface area contributed by atoms with Crippen LogP contribution in [0.5, 0.6) is 0 Å². The van der Waals surface area contributed by atoms with Gasteiger partial charge in [0.05, 0.1) is 6.20 Å². The second-order valence-corrected chi connectivity index (χ2v) is 3.50. The SMILES string of the molecule is FC(F)(F)c1ccnnc1N1CCNCC1. The maximum atomic E-state index is 12.7. The van der Waals surface area contributed by atoms with Crippen LogP contribution in [0.4, 0.5) is 19.0 Å². The lowest BCUT2D eigenvalue weighted by Gasteiger charge is -2.29. The summed E-state index contributed by atoms with van der Waals surface area (Å²) < 4.78 is 38.1. The Morgan fingerprint density at radius 2 is 1.94 bits per heavy atom. The highest BCUT2D eigenvalue weighted by Gasteiger charge is 2.36. The normalized spacial score (nSPS) is 17.6. The van der Waals surface area contributed by atoms with Gasteiger partial charge in [0.1, 0.15) is 5.56 Å². The molecule has 0 saturated carbocycles. The number of hydrogen-bond donors (Lipinski definition) is 1. The number of piperazine rings is 1. The molecule has 0 atom stereocenters. The molecule has 7 heteroatoms. The molecule has 0 radical (unpaired) electrons. The van der Waals surface area contributed by atoms with Gasteiger partial charge in [0.15, 0.2) is 5.82 Å². The van der Waals surface area contributed by atoms with Crippen LogP contribution in [-0.2, 0) is 6.18 Å². The minimum Gasteiger partial charge on any atom is -0.352 e. The van der Waals surface area contributed by atoms with Crippen molar-refractivity contribution >= 4 is 5.82 Å². The van der Waals surface area contributed by atoms with E-state index in [4.69, 9.17) is 0 Å². The fourth-order valence-corrected chi connectivity index (χ4v) is 1.66. The highest BCUT2D eigenvalue weighted by molar-refractivity contribution is 5.47. The molecule has 0 amide bonds. The molecule has 1 aromatic rings. The zero-order valence-electron chi connectivity index (χ0n) is 8.46. The summed E-state index contributed by atoms with van der Waals surface area (Å²) in [5, 5.41) is 10.2. The molecular formula is C9H11F3N4. The van der Waals surface area contributed by atoms with Gasteiger partial charge in [0.2, 0.25) is 0 Å². The van der Waals surface area contributed by atoms with E-state index in [9.17, 15) is 13.2 Å². The van der Waals surface area contributed by atoms with E-state index in [-0.39, 0.29) is 5.82 Å². The summed E-state index contributed by atoms with van der Waals surface area (Å²) in [5.74, 6) is -0.0727. The predicted octanol–water partition coefficient (Wildman–Crippen LogP) is 0.905. The Morgan fingerprint density at radius 3 is 2.56 bits per heavy atom. The van der Waals surface area contributed by atoms with Crippen molar-refractivity contribution in [2.45, 2.75) is 6.18 Å². The lowest BCUT2D eigenvalue weighted by Crippen LogP contribution is -2.44. The van der Waals surface area contributed by atoms with Gasteiger partial charge < -0.3 is 10.2 Å². The minimum absolute atomic E-state index is 0.0727. The number of halogens is 3. The molecular weight excluding hydrogens is 221 g/mol. The first kappa shape index (κ1) is 11.1. The molecule has 1 fully saturated rings. The highest BCUT2D eigenvalue weighted by Crippen LogP contribution is 2.34. The largest absolute Gasteiger partial charge is 0.420 e. The van der Waals surface area contributed by atoms with Gasteiger partial charge in [-0.3, -0.25) is 0 Å². The van der Waals surface area contributed by atoms with Crippen LogP contribution in [0.2, 0.25) is 0 Å². The van der Waals surface area contributed by atoms with Gasteiger partial charge in [-0.1, -0.05) is 0 Å². The van der Waals surface area contributed by atoms with Gasteiger partial charge in [0, 0.05) is 26.2 Å². The molecule has 1 aliphatic heterocycles. The van der Waals surface area contributed by atoms with Crippen molar-refractivity contribution in [1.82, 2.24) is 15.5 Å². The quantitative estimate of drug-likeness (QED) is 0.781. The van der Waals surface area contributed by atoms with Gasteiger partial charge in [-0.25, -0.2) is 0 Å². The van der Waals surface area contributed by atoms with Crippen molar-refractivity contribution in [3.8, 4) is 0 Å². The van der Waals surface area contributed by atoms with E-state index in [2.05, 4.69) is 15.5 Å². The van der Waals surface area contributed by atoms with Crippen LogP contribution in [0, 0.1) is 0 Å². The molecule has 4 nitrogen and oxygen atoms in total. The number of alkyl halides is 3. The lowest BCUT2D eigenvalue weighted by atomic mass is 10.2. The van der Waals surface area contributed by atoms with Crippen molar-refractivity contribution in [2.75, 3.05) is 31.1 Å². The van der Waals surface area contributed by atoms with Gasteiger partial charge >= 0.3 is 6.18 Å². The Labute approximate surface area is 90.5 Å². The van der Waals surface area contributed by atoms with E-state index < -0.39 is 11.7 Å². The van der Waals surface area contributed by atoms with Gasteiger partial charge in [0.25, 0.3) is 0 Å². The number of anilines is 1. The summed E-state index contributed by atoms with van der Waals surface area (Å²) in [6.07, 6.45) is -3.31. The van der Waals surface area contributed by atoms with Crippen molar-refractivity contribution in [3.63, 3.8) is 0 Å². The molecule has 2 heterocycles. The summed E-state index contributed by atoms with van der Waals surface area (Å²) in [6, 6.07) is 0.963. The third-order valence-electron chi connectivity index (χ3n) is 2.42. The zero-order valence-corrected chi connectivity index (χ0v) is 8.46. The van der Waals surface area contributed by atoms with E-state index in [1.54, 1.807) is 4.90 Å². The molecule has 16 heavy (non-hydrogen) atoms. The average Bonchev–Trinajstić information content (AvgIpc) is 2.29. The van der Waals surface area contributed by atoms with Crippen molar-refractivity contribution in [3.05, 3.63) is 17.8 Å². The number of rotatable bonds is 1. The molecule has 0 bridgehead atoms. The van der Waals surface area contributed by atoms with E-state index in [0.29, 0.717) is 26.2 Å². The van der Waals surface area contributed by atoms with Crippen molar-refractivity contribution in [1.29, 1.82) is 0 Å². The Balaban J connectivity index is 2.32.